The number of carbonyl (C=O) groups excluding carboxylic acids is 2. The number of esters is 2. The third-order valence-electron chi connectivity index (χ3n) is 2.77. The fraction of sp³-hybridized carbons (Fsp3) is 0.818. The van der Waals surface area contributed by atoms with Gasteiger partial charge >= 0.3 is 11.9 Å². The van der Waals surface area contributed by atoms with Crippen molar-refractivity contribution in [3.8, 4) is 0 Å². The molecule has 0 aromatic rings. The van der Waals surface area contributed by atoms with E-state index in [-0.39, 0.29) is 24.6 Å². The van der Waals surface area contributed by atoms with E-state index < -0.39 is 6.10 Å². The zero-order chi connectivity index (χ0) is 12.8. The van der Waals surface area contributed by atoms with Gasteiger partial charge in [0.25, 0.3) is 0 Å². The van der Waals surface area contributed by atoms with E-state index in [2.05, 4.69) is 0 Å². The lowest BCUT2D eigenvalue weighted by Gasteiger charge is -2.25. The predicted molar refractivity (Wildman–Crippen MR) is 59.3 cm³/mol. The molecule has 1 aliphatic rings. The summed E-state index contributed by atoms with van der Waals surface area (Å²) >= 11 is 0. The predicted octanol–water partition coefficient (Wildman–Crippen LogP) is -0.452. The lowest BCUT2D eigenvalue weighted by atomic mass is 10.2. The molecule has 6 nitrogen and oxygen atoms in total. The van der Waals surface area contributed by atoms with E-state index in [1.807, 2.05) is 4.90 Å². The second-order valence-corrected chi connectivity index (χ2v) is 4.10. The smallest absolute Gasteiger partial charge is 0.302 e. The highest BCUT2D eigenvalue weighted by Gasteiger charge is 2.33. The van der Waals surface area contributed by atoms with Crippen LogP contribution in [0.4, 0.5) is 0 Å². The number of rotatable bonds is 5. The Morgan fingerprint density at radius 2 is 1.94 bits per heavy atom. The van der Waals surface area contributed by atoms with Crippen LogP contribution in [0.5, 0.6) is 0 Å². The largest absolute Gasteiger partial charge is 0.465 e. The Morgan fingerprint density at radius 3 is 2.53 bits per heavy atom. The van der Waals surface area contributed by atoms with Crippen molar-refractivity contribution >= 4 is 11.9 Å². The van der Waals surface area contributed by atoms with Crippen molar-refractivity contribution in [2.75, 3.05) is 26.3 Å². The molecule has 0 saturated carbocycles. The van der Waals surface area contributed by atoms with Crippen LogP contribution >= 0.6 is 0 Å². The Hall–Kier alpha value is -1.14. The number of likely N-dealkylation sites (tertiary alicyclic amines) is 1. The van der Waals surface area contributed by atoms with Gasteiger partial charge in [-0.2, -0.15) is 0 Å². The van der Waals surface area contributed by atoms with Crippen molar-refractivity contribution in [2.24, 2.45) is 0 Å². The van der Waals surface area contributed by atoms with E-state index in [0.29, 0.717) is 26.1 Å². The lowest BCUT2D eigenvalue weighted by Crippen LogP contribution is -2.41. The summed E-state index contributed by atoms with van der Waals surface area (Å²) in [6, 6.07) is -0.200. The van der Waals surface area contributed by atoms with E-state index in [9.17, 15) is 14.7 Å². The van der Waals surface area contributed by atoms with Gasteiger partial charge in [-0.1, -0.05) is 0 Å². The topological polar surface area (TPSA) is 76.1 Å². The summed E-state index contributed by atoms with van der Waals surface area (Å²) in [6.07, 6.45) is 0.151. The Balaban J connectivity index is 2.35. The SMILES string of the molecule is CC(=O)OCCN1CC[C@H](O)[C@@H]1COC(C)=O. The molecule has 1 fully saturated rings. The summed E-state index contributed by atoms with van der Waals surface area (Å²) in [7, 11) is 0. The number of carbonyl (C=O) groups is 2. The second-order valence-electron chi connectivity index (χ2n) is 4.10. The van der Waals surface area contributed by atoms with Crippen molar-refractivity contribution < 1.29 is 24.2 Å². The summed E-state index contributed by atoms with van der Waals surface area (Å²) in [5.41, 5.74) is 0. The van der Waals surface area contributed by atoms with Crippen LogP contribution in [0.25, 0.3) is 0 Å². The summed E-state index contributed by atoms with van der Waals surface area (Å²) in [6.45, 7) is 4.42. The molecular formula is C11H19NO5. The molecule has 98 valence electrons. The molecule has 0 aromatic heterocycles. The van der Waals surface area contributed by atoms with Crippen molar-refractivity contribution in [3.63, 3.8) is 0 Å². The third kappa shape index (κ3) is 4.70. The highest BCUT2D eigenvalue weighted by Crippen LogP contribution is 2.17. The molecule has 2 atom stereocenters. The molecular weight excluding hydrogens is 226 g/mol. The molecule has 1 heterocycles. The van der Waals surface area contributed by atoms with Gasteiger partial charge in [0.05, 0.1) is 12.1 Å². The highest BCUT2D eigenvalue weighted by molar-refractivity contribution is 5.66. The van der Waals surface area contributed by atoms with Crippen LogP contribution in [0, 0.1) is 0 Å². The first kappa shape index (κ1) is 13.9. The fourth-order valence-electron chi connectivity index (χ4n) is 1.90. The molecule has 6 heteroatoms. The maximum atomic E-state index is 10.7. The quantitative estimate of drug-likeness (QED) is 0.661. The molecule has 17 heavy (non-hydrogen) atoms. The number of hydrogen-bond donors (Lipinski definition) is 1. The standard InChI is InChI=1S/C11H19NO5/c1-8(13)16-6-5-12-4-3-11(15)10(12)7-17-9(2)14/h10-11,15H,3-7H2,1-2H3/t10-,11-/m0/s1. The minimum atomic E-state index is -0.494. The third-order valence-corrected chi connectivity index (χ3v) is 2.77. The van der Waals surface area contributed by atoms with Crippen molar-refractivity contribution in [1.82, 2.24) is 4.90 Å². The van der Waals surface area contributed by atoms with Crippen LogP contribution in [0.2, 0.25) is 0 Å². The van der Waals surface area contributed by atoms with Crippen LogP contribution in [0.1, 0.15) is 20.3 Å². The van der Waals surface area contributed by atoms with Gasteiger partial charge < -0.3 is 14.6 Å². The maximum absolute atomic E-state index is 10.7. The first-order valence-corrected chi connectivity index (χ1v) is 5.69. The number of nitrogens with zero attached hydrogens (tertiary/aromatic N) is 1. The summed E-state index contributed by atoms with van der Waals surface area (Å²) in [5.74, 6) is -0.676. The molecule has 0 aliphatic carbocycles. The Kier molecular flexibility index (Phi) is 5.37. The van der Waals surface area contributed by atoms with E-state index in [4.69, 9.17) is 9.47 Å². The first-order chi connectivity index (χ1) is 8.00. The minimum Gasteiger partial charge on any atom is -0.465 e. The maximum Gasteiger partial charge on any atom is 0.302 e. The molecule has 0 unspecified atom stereocenters. The first-order valence-electron chi connectivity index (χ1n) is 5.69. The van der Waals surface area contributed by atoms with Crippen LogP contribution in [0.3, 0.4) is 0 Å². The zero-order valence-electron chi connectivity index (χ0n) is 10.2. The number of aliphatic hydroxyl groups excluding tert-OH is 1. The molecule has 1 rings (SSSR count). The molecule has 0 radical (unpaired) electrons. The Morgan fingerprint density at radius 1 is 1.29 bits per heavy atom. The van der Waals surface area contributed by atoms with E-state index in [1.54, 1.807) is 0 Å². The van der Waals surface area contributed by atoms with Gasteiger partial charge in [0.1, 0.15) is 13.2 Å². The van der Waals surface area contributed by atoms with Crippen LogP contribution < -0.4 is 0 Å². The monoisotopic (exact) mass is 245 g/mol. The minimum absolute atomic E-state index is 0.177. The van der Waals surface area contributed by atoms with Gasteiger partial charge in [-0.3, -0.25) is 14.5 Å². The van der Waals surface area contributed by atoms with Crippen molar-refractivity contribution in [3.05, 3.63) is 0 Å². The molecule has 1 aliphatic heterocycles. The average Bonchev–Trinajstić information content (AvgIpc) is 2.56. The highest BCUT2D eigenvalue weighted by atomic mass is 16.5. The van der Waals surface area contributed by atoms with E-state index in [1.165, 1.54) is 13.8 Å². The van der Waals surface area contributed by atoms with Gasteiger partial charge in [0.15, 0.2) is 0 Å². The molecule has 1 saturated heterocycles. The lowest BCUT2D eigenvalue weighted by molar-refractivity contribution is -0.143. The number of ether oxygens (including phenoxy) is 2. The normalized spacial score (nSPS) is 24.6. The summed E-state index contributed by atoms with van der Waals surface area (Å²) < 4.78 is 9.75. The Bertz CT molecular complexity index is 281. The number of aliphatic hydroxyl groups is 1. The van der Waals surface area contributed by atoms with Gasteiger partial charge in [-0.15, -0.1) is 0 Å². The zero-order valence-corrected chi connectivity index (χ0v) is 10.2. The molecule has 1 N–H and O–H groups in total. The van der Waals surface area contributed by atoms with Gasteiger partial charge in [0.2, 0.25) is 0 Å². The molecule has 0 bridgehead atoms. The van der Waals surface area contributed by atoms with Crippen LogP contribution in [0.15, 0.2) is 0 Å². The van der Waals surface area contributed by atoms with Crippen molar-refractivity contribution in [2.45, 2.75) is 32.4 Å². The molecule has 0 aromatic carbocycles. The van der Waals surface area contributed by atoms with Crippen molar-refractivity contribution in [1.29, 1.82) is 0 Å². The summed E-state index contributed by atoms with van der Waals surface area (Å²) in [5, 5.41) is 9.74. The van der Waals surface area contributed by atoms with Crippen LogP contribution in [-0.2, 0) is 19.1 Å². The fourth-order valence-corrected chi connectivity index (χ4v) is 1.90. The van der Waals surface area contributed by atoms with E-state index in [0.717, 1.165) is 0 Å². The second kappa shape index (κ2) is 6.56. The Labute approximate surface area is 100 Å². The van der Waals surface area contributed by atoms with E-state index >= 15 is 0 Å². The van der Waals surface area contributed by atoms with Gasteiger partial charge in [0, 0.05) is 26.9 Å². The van der Waals surface area contributed by atoms with Crippen LogP contribution in [-0.4, -0.2) is 60.4 Å². The summed E-state index contributed by atoms with van der Waals surface area (Å²) in [4.78, 5) is 23.3. The van der Waals surface area contributed by atoms with Gasteiger partial charge in [-0.05, 0) is 6.42 Å². The number of hydrogen-bond acceptors (Lipinski definition) is 6. The average molecular weight is 245 g/mol. The molecule has 0 spiro atoms. The molecule has 0 amide bonds. The van der Waals surface area contributed by atoms with Gasteiger partial charge in [-0.25, -0.2) is 0 Å².